The Hall–Kier alpha value is -2.64. The third kappa shape index (κ3) is 7.09. The van der Waals surface area contributed by atoms with E-state index in [0.717, 1.165) is 20.2 Å². The lowest BCUT2D eigenvalue weighted by Gasteiger charge is -2.49. The first-order valence-corrected chi connectivity index (χ1v) is 16.7. The predicted octanol–water partition coefficient (Wildman–Crippen LogP) is 7.59. The first-order chi connectivity index (χ1) is 20.4. The van der Waals surface area contributed by atoms with E-state index < -0.39 is 51.0 Å². The molecule has 1 aliphatic rings. The molecule has 3 unspecified atom stereocenters. The van der Waals surface area contributed by atoms with Gasteiger partial charge in [-0.15, -0.1) is 0 Å². The standard InChI is InChI=1S/C32H36F4O6S2/c1-22(2)28-29(3,4)21-41-30(5,42-28)23-11-15-26(16-12-23)43(25-9-7-6-8-10-25)27-17-13-24(14-18-27)40-20-19-31(33,34)32(35,36)44(37,38)39/h6-18,22,28H,19-21H2,1-5H3. The Kier molecular flexibility index (Phi) is 9.83. The maximum absolute atomic E-state index is 13.8. The Bertz CT molecular complexity index is 1510. The van der Waals surface area contributed by atoms with Crippen LogP contribution in [0, 0.1) is 11.3 Å². The molecule has 1 heterocycles. The van der Waals surface area contributed by atoms with Gasteiger partial charge in [-0.3, -0.25) is 0 Å². The topological polar surface area (TPSA) is 84.9 Å². The predicted molar refractivity (Wildman–Crippen MR) is 158 cm³/mol. The third-order valence-electron chi connectivity index (χ3n) is 7.52. The van der Waals surface area contributed by atoms with E-state index in [2.05, 4.69) is 27.7 Å². The summed E-state index contributed by atoms with van der Waals surface area (Å²) >= 11 is 0. The minimum Gasteiger partial charge on any atom is -0.743 e. The van der Waals surface area contributed by atoms with Gasteiger partial charge in [0.1, 0.15) is 5.75 Å². The van der Waals surface area contributed by atoms with Crippen LogP contribution >= 0.6 is 0 Å². The molecule has 12 heteroatoms. The summed E-state index contributed by atoms with van der Waals surface area (Å²) in [6.07, 6.45) is -1.66. The molecule has 44 heavy (non-hydrogen) atoms. The maximum Gasteiger partial charge on any atom is 0.396 e. The number of halogens is 4. The second-order valence-corrected chi connectivity index (χ2v) is 15.3. The first-order valence-electron chi connectivity index (χ1n) is 14.0. The zero-order valence-corrected chi connectivity index (χ0v) is 26.7. The van der Waals surface area contributed by atoms with Gasteiger partial charge >= 0.3 is 11.2 Å². The summed E-state index contributed by atoms with van der Waals surface area (Å²) < 4.78 is 104. The smallest absolute Gasteiger partial charge is 0.396 e. The van der Waals surface area contributed by atoms with Crippen molar-refractivity contribution in [3.63, 3.8) is 0 Å². The van der Waals surface area contributed by atoms with Crippen molar-refractivity contribution in [1.82, 2.24) is 0 Å². The summed E-state index contributed by atoms with van der Waals surface area (Å²) in [6.45, 7) is 10.1. The van der Waals surface area contributed by atoms with Crippen LogP contribution in [-0.4, -0.2) is 43.5 Å². The summed E-state index contributed by atoms with van der Waals surface area (Å²) in [5, 5.41) is -5.74. The summed E-state index contributed by atoms with van der Waals surface area (Å²) in [5.41, 5.74) is 0.752. The molecule has 0 N–H and O–H groups in total. The van der Waals surface area contributed by atoms with Crippen molar-refractivity contribution in [2.24, 2.45) is 11.3 Å². The molecule has 0 bridgehead atoms. The number of hydrogen-bond donors (Lipinski definition) is 0. The molecular formula is C32H36F4O6S2. The molecule has 3 aromatic rings. The van der Waals surface area contributed by atoms with Crippen molar-refractivity contribution in [3.8, 4) is 5.75 Å². The molecule has 4 rings (SSSR count). The monoisotopic (exact) mass is 656 g/mol. The van der Waals surface area contributed by atoms with Gasteiger partial charge in [-0.25, -0.2) is 8.42 Å². The van der Waals surface area contributed by atoms with Crippen LogP contribution in [0.3, 0.4) is 0 Å². The van der Waals surface area contributed by atoms with Gasteiger partial charge in [0.2, 0.25) is 0 Å². The Labute approximate surface area is 258 Å². The molecule has 3 aromatic carbocycles. The van der Waals surface area contributed by atoms with Gasteiger partial charge < -0.3 is 18.8 Å². The van der Waals surface area contributed by atoms with Crippen LogP contribution in [0.1, 0.15) is 46.6 Å². The molecule has 0 radical (unpaired) electrons. The molecule has 0 spiro atoms. The third-order valence-corrected chi connectivity index (χ3v) is 10.7. The lowest BCUT2D eigenvalue weighted by molar-refractivity contribution is -0.337. The van der Waals surface area contributed by atoms with E-state index in [1.54, 1.807) is 12.1 Å². The van der Waals surface area contributed by atoms with Gasteiger partial charge in [-0.05, 0) is 73.5 Å². The molecule has 1 fully saturated rings. The fourth-order valence-corrected chi connectivity index (χ4v) is 7.72. The highest BCUT2D eigenvalue weighted by atomic mass is 32.2. The molecule has 0 amide bonds. The van der Waals surface area contributed by atoms with Gasteiger partial charge in [-0.2, -0.15) is 17.6 Å². The Balaban J connectivity index is 1.54. The quantitative estimate of drug-likeness (QED) is 0.120. The molecule has 3 atom stereocenters. The van der Waals surface area contributed by atoms with Crippen LogP contribution in [0.15, 0.2) is 93.5 Å². The van der Waals surface area contributed by atoms with E-state index in [0.29, 0.717) is 12.5 Å². The van der Waals surface area contributed by atoms with Crippen molar-refractivity contribution < 1.29 is 44.7 Å². The van der Waals surface area contributed by atoms with E-state index in [-0.39, 0.29) is 17.3 Å². The molecule has 6 nitrogen and oxygen atoms in total. The lowest BCUT2D eigenvalue weighted by atomic mass is 9.80. The minimum atomic E-state index is -6.55. The molecule has 240 valence electrons. The number of hydrogen-bond acceptors (Lipinski definition) is 6. The van der Waals surface area contributed by atoms with E-state index >= 15 is 0 Å². The Morgan fingerprint density at radius 1 is 0.909 bits per heavy atom. The van der Waals surface area contributed by atoms with E-state index in [4.69, 9.17) is 14.2 Å². The van der Waals surface area contributed by atoms with Crippen LogP contribution in [-0.2, 0) is 36.3 Å². The van der Waals surface area contributed by atoms with Crippen molar-refractivity contribution in [3.05, 3.63) is 84.4 Å². The van der Waals surface area contributed by atoms with Crippen molar-refractivity contribution in [2.75, 3.05) is 13.2 Å². The highest BCUT2D eigenvalue weighted by Gasteiger charge is 2.61. The van der Waals surface area contributed by atoms with Crippen LogP contribution in [0.5, 0.6) is 5.75 Å². The average Bonchev–Trinajstić information content (AvgIpc) is 2.95. The normalized spacial score (nSPS) is 21.7. The van der Waals surface area contributed by atoms with Gasteiger partial charge in [-0.1, -0.05) is 45.9 Å². The van der Waals surface area contributed by atoms with Crippen LogP contribution in [0.4, 0.5) is 17.6 Å². The lowest BCUT2D eigenvalue weighted by Crippen LogP contribution is -2.52. The number of rotatable bonds is 11. The largest absolute Gasteiger partial charge is 0.743 e. The molecular weight excluding hydrogens is 620 g/mol. The number of alkyl halides is 4. The van der Waals surface area contributed by atoms with Crippen LogP contribution in [0.2, 0.25) is 0 Å². The summed E-state index contributed by atoms with van der Waals surface area (Å²) in [7, 11) is -7.12. The highest BCUT2D eigenvalue weighted by molar-refractivity contribution is 7.97. The average molecular weight is 657 g/mol. The van der Waals surface area contributed by atoms with E-state index in [1.807, 2.05) is 61.5 Å². The molecule has 1 saturated heterocycles. The zero-order valence-electron chi connectivity index (χ0n) is 25.1. The maximum atomic E-state index is 13.8. The van der Waals surface area contributed by atoms with Crippen molar-refractivity contribution >= 4 is 21.0 Å². The van der Waals surface area contributed by atoms with Gasteiger partial charge in [0.05, 0.1) is 36.6 Å². The van der Waals surface area contributed by atoms with Crippen molar-refractivity contribution in [2.45, 2.75) is 78.8 Å². The van der Waals surface area contributed by atoms with Crippen LogP contribution < -0.4 is 4.74 Å². The molecule has 1 aliphatic heterocycles. The highest BCUT2D eigenvalue weighted by Crippen LogP contribution is 2.44. The fourth-order valence-electron chi connectivity index (χ4n) is 5.19. The summed E-state index contributed by atoms with van der Waals surface area (Å²) in [4.78, 5) is 2.89. The second-order valence-electron chi connectivity index (χ2n) is 11.9. The first kappa shape index (κ1) is 34.2. The second kappa shape index (κ2) is 12.6. The van der Waals surface area contributed by atoms with E-state index in [1.165, 1.54) is 12.1 Å². The minimum absolute atomic E-state index is 0.00282. The Morgan fingerprint density at radius 2 is 1.43 bits per heavy atom. The molecule has 0 saturated carbocycles. The van der Waals surface area contributed by atoms with Crippen molar-refractivity contribution in [1.29, 1.82) is 0 Å². The number of ether oxygens (including phenoxy) is 3. The fraction of sp³-hybridized carbons (Fsp3) is 0.438. The Morgan fingerprint density at radius 3 is 1.95 bits per heavy atom. The van der Waals surface area contributed by atoms with Crippen LogP contribution in [0.25, 0.3) is 0 Å². The van der Waals surface area contributed by atoms with Gasteiger partial charge in [0, 0.05) is 11.0 Å². The number of benzene rings is 3. The molecule has 0 aromatic heterocycles. The molecule has 0 aliphatic carbocycles. The van der Waals surface area contributed by atoms with Gasteiger partial charge in [0.15, 0.2) is 30.6 Å². The SMILES string of the molecule is CC(C)C1OC(C)(c2ccc([S+](c3ccccc3)c3ccc(OCCC(F)(F)C(F)(F)S(=O)(=O)[O-])cc3)cc2)OCC1(C)C. The van der Waals surface area contributed by atoms with E-state index in [9.17, 15) is 30.5 Å². The zero-order chi connectivity index (χ0) is 32.6. The summed E-state index contributed by atoms with van der Waals surface area (Å²) in [5.74, 6) is -5.58. The summed E-state index contributed by atoms with van der Waals surface area (Å²) in [6, 6.07) is 24.3. The van der Waals surface area contributed by atoms with Gasteiger partial charge in [0.25, 0.3) is 0 Å².